The summed E-state index contributed by atoms with van der Waals surface area (Å²) in [4.78, 5) is 0. The zero-order valence-electron chi connectivity index (χ0n) is 31.3. The van der Waals surface area contributed by atoms with Gasteiger partial charge >= 0.3 is 0 Å². The Bertz CT molecular complexity index is 2080. The molecule has 6 aromatic carbocycles. The van der Waals surface area contributed by atoms with Crippen LogP contribution in [0.3, 0.4) is 0 Å². The van der Waals surface area contributed by atoms with Crippen LogP contribution in [0.4, 0.5) is 17.6 Å². The molecule has 6 aromatic rings. The molecule has 0 aliphatic carbocycles. The Morgan fingerprint density at radius 3 is 1.25 bits per heavy atom. The van der Waals surface area contributed by atoms with Crippen molar-refractivity contribution < 1.29 is 32.1 Å². The summed E-state index contributed by atoms with van der Waals surface area (Å²) >= 11 is 15.1. The molecule has 0 saturated carbocycles. The number of rotatable bonds is 16. The third-order valence-corrected chi connectivity index (χ3v) is 9.93. The Labute approximate surface area is 362 Å². The number of alkyl halides is 1. The molecule has 1 N–H and O–H groups in total. The van der Waals surface area contributed by atoms with E-state index in [1.165, 1.54) is 0 Å². The smallest absolute Gasteiger partial charge is 0.139 e. The summed E-state index contributed by atoms with van der Waals surface area (Å²) in [6.07, 6.45) is 0.188. The number of hydrogen-bond donors (Lipinski definition) is 1. The summed E-state index contributed by atoms with van der Waals surface area (Å²) in [6, 6.07) is 45.9. The highest BCUT2D eigenvalue weighted by atomic mass is 79.9. The molecule has 59 heavy (non-hydrogen) atoms. The number of aliphatic hydroxyl groups excluding tert-OH is 1. The predicted octanol–water partition coefficient (Wildman–Crippen LogP) is 16.0. The van der Waals surface area contributed by atoms with Crippen molar-refractivity contribution >= 4 is 39.1 Å². The van der Waals surface area contributed by atoms with E-state index in [0.29, 0.717) is 67.0 Å². The molecule has 3 nitrogen and oxygen atoms in total. The maximum absolute atomic E-state index is 15.0. The third-order valence-electron chi connectivity index (χ3n) is 8.96. The predicted molar refractivity (Wildman–Crippen MR) is 237 cm³/mol. The van der Waals surface area contributed by atoms with E-state index in [9.17, 15) is 22.7 Å². The molecule has 0 aliphatic rings. The highest BCUT2D eigenvalue weighted by Gasteiger charge is 2.23. The van der Waals surface area contributed by atoms with Gasteiger partial charge in [-0.3, -0.25) is 0 Å². The second kappa shape index (κ2) is 24.3. The van der Waals surface area contributed by atoms with Crippen LogP contribution < -0.4 is 9.47 Å². The lowest BCUT2D eigenvalue weighted by molar-refractivity contribution is 0.273. The van der Waals surface area contributed by atoms with Gasteiger partial charge in [0.05, 0.1) is 0 Å². The molecule has 0 spiro atoms. The van der Waals surface area contributed by atoms with Crippen LogP contribution in [-0.4, -0.2) is 17.0 Å². The third kappa shape index (κ3) is 14.7. The van der Waals surface area contributed by atoms with Gasteiger partial charge in [-0.2, -0.15) is 0 Å². The molecule has 0 bridgehead atoms. The summed E-state index contributed by atoms with van der Waals surface area (Å²) in [6.45, 7) is -0.256. The number of aliphatic hydroxyl groups is 1. The van der Waals surface area contributed by atoms with E-state index >= 15 is 0 Å². The molecule has 0 heterocycles. The molecule has 2 atom stereocenters. The highest BCUT2D eigenvalue weighted by Crippen LogP contribution is 2.36. The average molecular weight is 909 g/mol. The van der Waals surface area contributed by atoms with Crippen LogP contribution in [-0.2, 0) is 12.8 Å². The van der Waals surface area contributed by atoms with Crippen LogP contribution in [0.2, 0.25) is 10.0 Å². The van der Waals surface area contributed by atoms with Gasteiger partial charge in [0.15, 0.2) is 0 Å². The second-order valence-electron chi connectivity index (χ2n) is 13.2. The standard InChI is InChI=1S/C24H20BrClF2O.C24H21ClF2O2.CH4/c25-14-13-22(18-9-11-19(26)12-10-18)24(28)23(27)16-17-5-4-8-21(15-17)29-20-6-2-1-3-7-20;25-19-11-9-18(10-12-19)22(13-14-28)24(27)23(26)16-17-5-4-8-21(15-17)29-20-6-2-1-3-7-20;/h1-12,15,22H,13-14,16H2;1-12,15,22,28H,13-14,16H2;1H4/b2*24-23+;. The van der Waals surface area contributed by atoms with Gasteiger partial charge in [0.1, 0.15) is 46.3 Å². The number of ether oxygens (including phenoxy) is 2. The fraction of sp³-hybridized carbons (Fsp3) is 0.184. The van der Waals surface area contributed by atoms with Crippen LogP contribution >= 0.6 is 39.1 Å². The highest BCUT2D eigenvalue weighted by molar-refractivity contribution is 9.09. The molecule has 308 valence electrons. The van der Waals surface area contributed by atoms with Gasteiger partial charge < -0.3 is 14.6 Å². The number of para-hydroxylation sites is 2. The molecule has 0 aromatic heterocycles. The van der Waals surface area contributed by atoms with Crippen molar-refractivity contribution in [1.29, 1.82) is 0 Å². The number of halogens is 7. The number of benzene rings is 6. The SMILES string of the molecule is C.F/C(Cc1cccc(Oc2ccccc2)c1)=C(/F)C(CCBr)c1ccc(Cl)cc1.OCCC(/C(F)=C(\F)Cc1cccc(Oc2ccccc2)c1)c1ccc(Cl)cc1. The number of hydrogen-bond acceptors (Lipinski definition) is 3. The van der Waals surface area contributed by atoms with Crippen molar-refractivity contribution in [3.05, 3.63) is 213 Å². The summed E-state index contributed by atoms with van der Waals surface area (Å²) in [5.41, 5.74) is 2.49. The molecule has 0 radical (unpaired) electrons. The first-order valence-electron chi connectivity index (χ1n) is 18.5. The topological polar surface area (TPSA) is 38.7 Å². The van der Waals surface area contributed by atoms with Gasteiger partial charge in [0, 0.05) is 46.7 Å². The van der Waals surface area contributed by atoms with E-state index in [2.05, 4.69) is 15.9 Å². The largest absolute Gasteiger partial charge is 0.457 e. The van der Waals surface area contributed by atoms with Crippen LogP contribution in [0.25, 0.3) is 0 Å². The van der Waals surface area contributed by atoms with Crippen molar-refractivity contribution in [2.24, 2.45) is 0 Å². The van der Waals surface area contributed by atoms with Gasteiger partial charge in [-0.25, -0.2) is 17.6 Å². The summed E-state index contributed by atoms with van der Waals surface area (Å²) in [5.74, 6) is -2.31. The molecule has 0 amide bonds. The second-order valence-corrected chi connectivity index (χ2v) is 14.8. The van der Waals surface area contributed by atoms with Crippen LogP contribution in [0.5, 0.6) is 23.0 Å². The van der Waals surface area contributed by atoms with E-state index in [4.69, 9.17) is 32.7 Å². The normalized spacial score (nSPS) is 12.7. The summed E-state index contributed by atoms with van der Waals surface area (Å²) in [7, 11) is 0. The quantitative estimate of drug-likeness (QED) is 0.0777. The van der Waals surface area contributed by atoms with Crippen LogP contribution in [0.1, 0.15) is 54.4 Å². The van der Waals surface area contributed by atoms with Crippen molar-refractivity contribution in [2.75, 3.05) is 11.9 Å². The van der Waals surface area contributed by atoms with Gasteiger partial charge in [0.2, 0.25) is 0 Å². The van der Waals surface area contributed by atoms with Gasteiger partial charge in [-0.05, 0) is 108 Å². The molecule has 2 unspecified atom stereocenters. The zero-order valence-corrected chi connectivity index (χ0v) is 34.4. The van der Waals surface area contributed by atoms with E-state index in [-0.39, 0.29) is 33.3 Å². The van der Waals surface area contributed by atoms with Gasteiger partial charge in [-0.15, -0.1) is 0 Å². The number of allylic oxidation sites excluding steroid dienone is 4. The maximum atomic E-state index is 15.0. The minimum atomic E-state index is -0.879. The Hall–Kier alpha value is -4.86. The Morgan fingerprint density at radius 2 is 0.881 bits per heavy atom. The first kappa shape index (κ1) is 46.8. The van der Waals surface area contributed by atoms with Crippen molar-refractivity contribution in [2.45, 2.75) is 44.9 Å². The Kier molecular flexibility index (Phi) is 19.3. The van der Waals surface area contributed by atoms with E-state index in [0.717, 1.165) is 0 Å². The molecule has 0 saturated heterocycles. The van der Waals surface area contributed by atoms with Crippen molar-refractivity contribution in [3.63, 3.8) is 0 Å². The summed E-state index contributed by atoms with van der Waals surface area (Å²) in [5, 5.41) is 10.9. The van der Waals surface area contributed by atoms with E-state index in [1.54, 1.807) is 97.1 Å². The Morgan fingerprint density at radius 1 is 0.508 bits per heavy atom. The Balaban J connectivity index is 0.000000256. The minimum absolute atomic E-state index is 0. The monoisotopic (exact) mass is 906 g/mol. The molecular formula is C49H45BrCl2F4O3. The van der Waals surface area contributed by atoms with E-state index < -0.39 is 35.1 Å². The average Bonchev–Trinajstić information content (AvgIpc) is 3.23. The van der Waals surface area contributed by atoms with E-state index in [1.807, 2.05) is 60.7 Å². The first-order chi connectivity index (χ1) is 28.1. The lowest BCUT2D eigenvalue weighted by Gasteiger charge is -2.16. The fourth-order valence-electron chi connectivity index (χ4n) is 6.10. The van der Waals surface area contributed by atoms with Gasteiger partial charge in [0.25, 0.3) is 0 Å². The minimum Gasteiger partial charge on any atom is -0.457 e. The molecule has 0 fully saturated rings. The molecule has 6 rings (SSSR count). The van der Waals surface area contributed by atoms with Crippen LogP contribution in [0.15, 0.2) is 181 Å². The molecular weight excluding hydrogens is 863 g/mol. The first-order valence-corrected chi connectivity index (χ1v) is 20.4. The van der Waals surface area contributed by atoms with Gasteiger partial charge in [-0.1, -0.05) is 131 Å². The zero-order chi connectivity index (χ0) is 41.3. The molecule has 10 heteroatoms. The summed E-state index contributed by atoms with van der Waals surface area (Å²) < 4.78 is 70.9. The molecule has 0 aliphatic heterocycles. The fourth-order valence-corrected chi connectivity index (χ4v) is 6.81. The van der Waals surface area contributed by atoms with Crippen LogP contribution in [0, 0.1) is 0 Å². The van der Waals surface area contributed by atoms with Crippen molar-refractivity contribution in [3.8, 4) is 23.0 Å². The van der Waals surface area contributed by atoms with Crippen molar-refractivity contribution in [1.82, 2.24) is 0 Å². The lowest BCUT2D eigenvalue weighted by atomic mass is 9.93. The lowest BCUT2D eigenvalue weighted by Crippen LogP contribution is -2.05. The maximum Gasteiger partial charge on any atom is 0.139 e.